The van der Waals surface area contributed by atoms with Crippen LogP contribution in [-0.2, 0) is 6.54 Å². The highest BCUT2D eigenvalue weighted by molar-refractivity contribution is 7.11. The Bertz CT molecular complexity index is 883. The molecule has 0 radical (unpaired) electrons. The van der Waals surface area contributed by atoms with Gasteiger partial charge in [0.05, 0.1) is 30.3 Å². The van der Waals surface area contributed by atoms with Crippen LogP contribution in [0.2, 0.25) is 0 Å². The number of hydrogen-bond donors (Lipinski definition) is 2. The minimum atomic E-state index is -0.305. The van der Waals surface area contributed by atoms with Crippen LogP contribution in [0.3, 0.4) is 0 Å². The molecule has 124 valence electrons. The molecule has 2 N–H and O–H groups in total. The third-order valence-corrected chi connectivity index (χ3v) is 5.12. The maximum atomic E-state index is 12.0. The predicted octanol–water partition coefficient (Wildman–Crippen LogP) is 2.48. The molecule has 0 spiro atoms. The average molecular weight is 343 g/mol. The van der Waals surface area contributed by atoms with Crippen LogP contribution in [0.5, 0.6) is 0 Å². The third-order valence-electron chi connectivity index (χ3n) is 4.03. The molecule has 1 saturated carbocycles. The van der Waals surface area contributed by atoms with Crippen LogP contribution in [0.1, 0.15) is 40.9 Å². The van der Waals surface area contributed by atoms with E-state index in [1.807, 2.05) is 13.0 Å². The van der Waals surface area contributed by atoms with Gasteiger partial charge in [-0.3, -0.25) is 0 Å². The van der Waals surface area contributed by atoms with E-state index in [1.165, 1.54) is 19.3 Å². The SMILES string of the molecule is Cc1cc2ncc(NC(=O)NCc3nnc(C4CCC4)s3)cn2n1. The highest BCUT2D eigenvalue weighted by Crippen LogP contribution is 2.37. The number of hydrogen-bond acceptors (Lipinski definition) is 6. The number of nitrogens with zero attached hydrogens (tertiary/aromatic N) is 5. The number of nitrogens with one attached hydrogen (secondary N) is 2. The first kappa shape index (κ1) is 15.0. The Morgan fingerprint density at radius 2 is 2.29 bits per heavy atom. The van der Waals surface area contributed by atoms with E-state index < -0.39 is 0 Å². The van der Waals surface area contributed by atoms with Crippen LogP contribution >= 0.6 is 11.3 Å². The second kappa shape index (κ2) is 6.16. The first-order valence-corrected chi connectivity index (χ1v) is 8.68. The van der Waals surface area contributed by atoms with Crippen molar-refractivity contribution < 1.29 is 4.79 Å². The summed E-state index contributed by atoms with van der Waals surface area (Å²) in [5, 5.41) is 20.1. The van der Waals surface area contributed by atoms with Gasteiger partial charge in [-0.2, -0.15) is 5.10 Å². The van der Waals surface area contributed by atoms with Gasteiger partial charge in [0.15, 0.2) is 5.65 Å². The van der Waals surface area contributed by atoms with Crippen LogP contribution in [-0.4, -0.2) is 30.8 Å². The molecule has 8 nitrogen and oxygen atoms in total. The summed E-state index contributed by atoms with van der Waals surface area (Å²) in [5.41, 5.74) is 2.20. The summed E-state index contributed by atoms with van der Waals surface area (Å²) < 4.78 is 1.64. The highest BCUT2D eigenvalue weighted by atomic mass is 32.1. The molecule has 3 heterocycles. The van der Waals surface area contributed by atoms with Gasteiger partial charge < -0.3 is 10.6 Å². The van der Waals surface area contributed by atoms with E-state index in [2.05, 4.69) is 30.9 Å². The largest absolute Gasteiger partial charge is 0.331 e. The molecule has 0 aliphatic heterocycles. The van der Waals surface area contributed by atoms with Gasteiger partial charge in [0.2, 0.25) is 0 Å². The van der Waals surface area contributed by atoms with Gasteiger partial charge in [0.1, 0.15) is 10.0 Å². The first-order valence-electron chi connectivity index (χ1n) is 7.86. The molecule has 2 amide bonds. The van der Waals surface area contributed by atoms with E-state index in [-0.39, 0.29) is 6.03 Å². The van der Waals surface area contributed by atoms with Crippen molar-refractivity contribution in [2.75, 3.05) is 5.32 Å². The number of rotatable bonds is 4. The van der Waals surface area contributed by atoms with E-state index >= 15 is 0 Å². The van der Waals surface area contributed by atoms with Crippen LogP contribution in [0.25, 0.3) is 5.65 Å². The number of urea groups is 1. The fraction of sp³-hybridized carbons (Fsp3) is 0.400. The van der Waals surface area contributed by atoms with Crippen LogP contribution in [0, 0.1) is 6.92 Å². The van der Waals surface area contributed by atoms with Crippen molar-refractivity contribution in [1.29, 1.82) is 0 Å². The summed E-state index contributed by atoms with van der Waals surface area (Å²) in [4.78, 5) is 16.3. The van der Waals surface area contributed by atoms with Crippen molar-refractivity contribution in [3.8, 4) is 0 Å². The smallest absolute Gasteiger partial charge is 0.319 e. The van der Waals surface area contributed by atoms with Gasteiger partial charge in [-0.25, -0.2) is 14.3 Å². The number of carbonyl (C=O) groups is 1. The van der Waals surface area contributed by atoms with Crippen molar-refractivity contribution in [1.82, 2.24) is 30.1 Å². The minimum Gasteiger partial charge on any atom is -0.331 e. The van der Waals surface area contributed by atoms with E-state index in [1.54, 1.807) is 28.2 Å². The van der Waals surface area contributed by atoms with E-state index in [0.29, 0.717) is 18.2 Å². The average Bonchev–Trinajstić information content (AvgIpc) is 3.08. The standard InChI is InChI=1S/C15H17N7OS/c1-9-5-12-16-6-11(8-22(12)21-9)18-15(23)17-7-13-19-20-14(24-13)10-3-2-4-10/h5-6,8,10H,2-4,7H2,1H3,(H2,17,18,23). The lowest BCUT2D eigenvalue weighted by Crippen LogP contribution is -2.28. The third kappa shape index (κ3) is 3.07. The molecule has 0 saturated heterocycles. The molecule has 1 fully saturated rings. The Balaban J connectivity index is 1.34. The Morgan fingerprint density at radius 3 is 3.08 bits per heavy atom. The first-order chi connectivity index (χ1) is 11.7. The molecule has 3 aromatic rings. The molecular weight excluding hydrogens is 326 g/mol. The lowest BCUT2D eigenvalue weighted by atomic mass is 9.86. The van der Waals surface area contributed by atoms with E-state index in [4.69, 9.17) is 0 Å². The summed E-state index contributed by atoms with van der Waals surface area (Å²) in [7, 11) is 0. The quantitative estimate of drug-likeness (QED) is 0.758. The lowest BCUT2D eigenvalue weighted by molar-refractivity contribution is 0.251. The molecule has 0 unspecified atom stereocenters. The molecular formula is C15H17N7OS. The number of aryl methyl sites for hydroxylation is 1. The molecule has 0 bridgehead atoms. The van der Waals surface area contributed by atoms with Gasteiger partial charge in [-0.15, -0.1) is 10.2 Å². The van der Waals surface area contributed by atoms with E-state index in [0.717, 1.165) is 21.4 Å². The summed E-state index contributed by atoms with van der Waals surface area (Å²) in [6.07, 6.45) is 7.01. The second-order valence-electron chi connectivity index (χ2n) is 5.90. The zero-order valence-corrected chi connectivity index (χ0v) is 14.0. The summed E-state index contributed by atoms with van der Waals surface area (Å²) in [5.74, 6) is 0.570. The normalized spacial score (nSPS) is 14.5. The Labute approximate surface area is 142 Å². The van der Waals surface area contributed by atoms with Gasteiger partial charge in [-0.05, 0) is 19.8 Å². The predicted molar refractivity (Wildman–Crippen MR) is 90.1 cm³/mol. The Hall–Kier alpha value is -2.55. The molecule has 24 heavy (non-hydrogen) atoms. The zero-order chi connectivity index (χ0) is 16.5. The van der Waals surface area contributed by atoms with Crippen LogP contribution < -0.4 is 10.6 Å². The van der Waals surface area contributed by atoms with Gasteiger partial charge >= 0.3 is 6.03 Å². The maximum absolute atomic E-state index is 12.0. The molecule has 0 aromatic carbocycles. The van der Waals surface area contributed by atoms with Crippen LogP contribution in [0.15, 0.2) is 18.5 Å². The van der Waals surface area contributed by atoms with Crippen molar-refractivity contribution >= 4 is 28.7 Å². The fourth-order valence-electron chi connectivity index (χ4n) is 2.55. The monoisotopic (exact) mass is 343 g/mol. The Morgan fingerprint density at radius 1 is 1.42 bits per heavy atom. The number of carbonyl (C=O) groups excluding carboxylic acids is 1. The van der Waals surface area contributed by atoms with Gasteiger partial charge in [0.25, 0.3) is 0 Å². The van der Waals surface area contributed by atoms with Crippen molar-refractivity contribution in [2.45, 2.75) is 38.6 Å². The van der Waals surface area contributed by atoms with Crippen LogP contribution in [0.4, 0.5) is 10.5 Å². The molecule has 0 atom stereocenters. The zero-order valence-electron chi connectivity index (χ0n) is 13.2. The molecule has 1 aliphatic rings. The van der Waals surface area contributed by atoms with Crippen molar-refractivity contribution in [2.24, 2.45) is 0 Å². The molecule has 3 aromatic heterocycles. The van der Waals surface area contributed by atoms with E-state index in [9.17, 15) is 4.79 Å². The number of anilines is 1. The minimum absolute atomic E-state index is 0.305. The highest BCUT2D eigenvalue weighted by Gasteiger charge is 2.23. The summed E-state index contributed by atoms with van der Waals surface area (Å²) >= 11 is 1.58. The number of fused-ring (bicyclic) bond motifs is 1. The maximum Gasteiger partial charge on any atom is 0.319 e. The topological polar surface area (TPSA) is 97.1 Å². The fourth-order valence-corrected chi connectivity index (χ4v) is 3.50. The summed E-state index contributed by atoms with van der Waals surface area (Å²) in [6.45, 7) is 2.27. The van der Waals surface area contributed by atoms with Gasteiger partial charge in [0, 0.05) is 12.0 Å². The van der Waals surface area contributed by atoms with Gasteiger partial charge in [-0.1, -0.05) is 17.8 Å². The molecule has 4 rings (SSSR count). The Kier molecular flexibility index (Phi) is 3.85. The van der Waals surface area contributed by atoms with Crippen molar-refractivity contribution in [3.63, 3.8) is 0 Å². The van der Waals surface area contributed by atoms with Crippen molar-refractivity contribution in [3.05, 3.63) is 34.2 Å². The molecule has 9 heteroatoms. The molecule has 1 aliphatic carbocycles. The second-order valence-corrected chi connectivity index (χ2v) is 6.99. The number of aromatic nitrogens is 5. The number of amides is 2. The lowest BCUT2D eigenvalue weighted by Gasteiger charge is -2.21. The summed E-state index contributed by atoms with van der Waals surface area (Å²) in [6, 6.07) is 1.57.